The third kappa shape index (κ3) is 1.79. The zero-order chi connectivity index (χ0) is 11.8. The van der Waals surface area contributed by atoms with Gasteiger partial charge in [-0.15, -0.1) is 0 Å². The number of rotatable bonds is 2. The van der Waals surface area contributed by atoms with Crippen molar-refractivity contribution in [3.05, 3.63) is 34.9 Å². The van der Waals surface area contributed by atoms with Crippen LogP contribution in [0.25, 0.3) is 0 Å². The predicted octanol–water partition coefficient (Wildman–Crippen LogP) is 4.81. The highest BCUT2D eigenvalue weighted by molar-refractivity contribution is 5.41. The van der Waals surface area contributed by atoms with Crippen molar-refractivity contribution >= 4 is 0 Å². The van der Waals surface area contributed by atoms with Crippen LogP contribution in [0.2, 0.25) is 0 Å². The molecule has 0 radical (unpaired) electrons. The summed E-state index contributed by atoms with van der Waals surface area (Å²) in [6.45, 7) is 9.40. The highest BCUT2D eigenvalue weighted by Gasteiger charge is 2.33. The largest absolute Gasteiger partial charge is 0.0645 e. The van der Waals surface area contributed by atoms with Gasteiger partial charge in [0.05, 0.1) is 0 Å². The molecule has 0 unspecified atom stereocenters. The molecule has 0 spiro atoms. The van der Waals surface area contributed by atoms with Gasteiger partial charge in [0.15, 0.2) is 0 Å². The van der Waals surface area contributed by atoms with E-state index in [-0.39, 0.29) is 0 Å². The molecule has 0 nitrogen and oxygen atoms in total. The lowest BCUT2D eigenvalue weighted by Gasteiger charge is -2.38. The van der Waals surface area contributed by atoms with Gasteiger partial charge in [-0.25, -0.2) is 0 Å². The fourth-order valence-corrected chi connectivity index (χ4v) is 2.97. The Labute approximate surface area is 100 Å². The van der Waals surface area contributed by atoms with Crippen LogP contribution in [0.3, 0.4) is 0 Å². The summed E-state index contributed by atoms with van der Waals surface area (Å²) < 4.78 is 0. The molecule has 1 aliphatic carbocycles. The molecular weight excluding hydrogens is 192 g/mol. The fourth-order valence-electron chi connectivity index (χ4n) is 2.97. The molecule has 0 aliphatic heterocycles. The maximum Gasteiger partial charge on any atom is -0.00747 e. The standard InChI is InChI=1S/C16H24/c1-5-13-7-8-14-12(3)9-10-16(4,6-2)15(14)11-13/h7-8,11-12H,5-6,9-10H2,1-4H3/t12-,16+/m1/s1. The molecule has 0 amide bonds. The highest BCUT2D eigenvalue weighted by Crippen LogP contribution is 2.44. The predicted molar refractivity (Wildman–Crippen MR) is 71.1 cm³/mol. The molecule has 1 aromatic carbocycles. The summed E-state index contributed by atoms with van der Waals surface area (Å²) >= 11 is 0. The molecule has 0 saturated heterocycles. The summed E-state index contributed by atoms with van der Waals surface area (Å²) in [6, 6.07) is 7.16. The van der Waals surface area contributed by atoms with E-state index in [1.807, 2.05) is 0 Å². The molecule has 16 heavy (non-hydrogen) atoms. The van der Waals surface area contributed by atoms with Crippen LogP contribution in [-0.2, 0) is 11.8 Å². The number of benzene rings is 1. The van der Waals surface area contributed by atoms with Crippen LogP contribution in [0, 0.1) is 0 Å². The molecule has 2 atom stereocenters. The fraction of sp³-hybridized carbons (Fsp3) is 0.625. The van der Waals surface area contributed by atoms with Gasteiger partial charge in [-0.05, 0) is 53.7 Å². The van der Waals surface area contributed by atoms with Crippen molar-refractivity contribution in [2.24, 2.45) is 0 Å². The Morgan fingerprint density at radius 2 is 2.06 bits per heavy atom. The summed E-state index contributed by atoms with van der Waals surface area (Å²) in [7, 11) is 0. The maximum atomic E-state index is 2.47. The molecule has 0 fully saturated rings. The van der Waals surface area contributed by atoms with Gasteiger partial charge in [0.1, 0.15) is 0 Å². The van der Waals surface area contributed by atoms with Crippen LogP contribution >= 0.6 is 0 Å². The van der Waals surface area contributed by atoms with Crippen LogP contribution in [0.15, 0.2) is 18.2 Å². The summed E-state index contributed by atoms with van der Waals surface area (Å²) in [5, 5.41) is 0. The van der Waals surface area contributed by atoms with Gasteiger partial charge in [0.2, 0.25) is 0 Å². The minimum atomic E-state index is 0.424. The highest BCUT2D eigenvalue weighted by atomic mass is 14.4. The number of hydrogen-bond donors (Lipinski definition) is 0. The van der Waals surface area contributed by atoms with E-state index in [0.29, 0.717) is 5.41 Å². The average Bonchev–Trinajstić information content (AvgIpc) is 2.34. The van der Waals surface area contributed by atoms with Crippen LogP contribution in [0.4, 0.5) is 0 Å². The van der Waals surface area contributed by atoms with Gasteiger partial charge in [-0.2, -0.15) is 0 Å². The third-order valence-electron chi connectivity index (χ3n) is 4.62. The second-order valence-corrected chi connectivity index (χ2v) is 5.63. The molecule has 1 aromatic rings. The molecule has 0 bridgehead atoms. The number of aryl methyl sites for hydroxylation is 1. The zero-order valence-corrected chi connectivity index (χ0v) is 11.1. The first-order valence-corrected chi connectivity index (χ1v) is 6.74. The van der Waals surface area contributed by atoms with E-state index < -0.39 is 0 Å². The maximum absolute atomic E-state index is 2.47. The molecule has 0 aromatic heterocycles. The molecule has 0 heteroatoms. The zero-order valence-electron chi connectivity index (χ0n) is 11.1. The second-order valence-electron chi connectivity index (χ2n) is 5.63. The molecule has 0 N–H and O–H groups in total. The van der Waals surface area contributed by atoms with Gasteiger partial charge in [0, 0.05) is 0 Å². The van der Waals surface area contributed by atoms with Gasteiger partial charge in [-0.1, -0.05) is 45.9 Å². The quantitative estimate of drug-likeness (QED) is 0.665. The van der Waals surface area contributed by atoms with E-state index in [2.05, 4.69) is 45.9 Å². The molecular formula is C16H24. The summed E-state index contributed by atoms with van der Waals surface area (Å²) in [4.78, 5) is 0. The van der Waals surface area contributed by atoms with Crippen LogP contribution in [-0.4, -0.2) is 0 Å². The van der Waals surface area contributed by atoms with Crippen LogP contribution in [0.5, 0.6) is 0 Å². The Morgan fingerprint density at radius 1 is 1.31 bits per heavy atom. The van der Waals surface area contributed by atoms with E-state index in [9.17, 15) is 0 Å². The lowest BCUT2D eigenvalue weighted by molar-refractivity contribution is 0.359. The Hall–Kier alpha value is -0.780. The summed E-state index contributed by atoms with van der Waals surface area (Å²) in [5.41, 5.74) is 5.15. The Bertz CT molecular complexity index is 378. The second kappa shape index (κ2) is 4.24. The summed E-state index contributed by atoms with van der Waals surface area (Å²) in [5.74, 6) is 0.750. The number of hydrogen-bond acceptors (Lipinski definition) is 0. The lowest BCUT2D eigenvalue weighted by Crippen LogP contribution is -2.28. The van der Waals surface area contributed by atoms with Crippen molar-refractivity contribution in [1.29, 1.82) is 0 Å². The van der Waals surface area contributed by atoms with E-state index in [0.717, 1.165) is 12.3 Å². The van der Waals surface area contributed by atoms with Crippen molar-refractivity contribution in [2.45, 2.75) is 64.7 Å². The number of fused-ring (bicyclic) bond motifs is 1. The van der Waals surface area contributed by atoms with Gasteiger partial charge in [0.25, 0.3) is 0 Å². The van der Waals surface area contributed by atoms with Crippen molar-refractivity contribution in [3.63, 3.8) is 0 Å². The minimum absolute atomic E-state index is 0.424. The van der Waals surface area contributed by atoms with E-state index in [4.69, 9.17) is 0 Å². The SMILES string of the molecule is CCc1ccc2c(c1)[C@@](C)(CC)CC[C@H]2C. The van der Waals surface area contributed by atoms with E-state index in [1.54, 1.807) is 11.1 Å². The molecule has 88 valence electrons. The monoisotopic (exact) mass is 216 g/mol. The summed E-state index contributed by atoms with van der Waals surface area (Å²) in [6.07, 6.45) is 5.12. The molecule has 1 aliphatic rings. The first kappa shape index (κ1) is 11.7. The minimum Gasteiger partial charge on any atom is -0.0645 e. The smallest absolute Gasteiger partial charge is 0.00747 e. The van der Waals surface area contributed by atoms with Crippen molar-refractivity contribution < 1.29 is 0 Å². The Morgan fingerprint density at radius 3 is 2.69 bits per heavy atom. The average molecular weight is 216 g/mol. The Kier molecular flexibility index (Phi) is 3.10. The van der Waals surface area contributed by atoms with Gasteiger partial charge < -0.3 is 0 Å². The van der Waals surface area contributed by atoms with E-state index in [1.165, 1.54) is 24.8 Å². The van der Waals surface area contributed by atoms with Crippen molar-refractivity contribution in [2.75, 3.05) is 0 Å². The molecule has 0 heterocycles. The molecule has 0 saturated carbocycles. The van der Waals surface area contributed by atoms with E-state index >= 15 is 0 Å². The Balaban J connectivity index is 2.53. The first-order valence-electron chi connectivity index (χ1n) is 6.74. The van der Waals surface area contributed by atoms with Crippen LogP contribution in [0.1, 0.15) is 69.6 Å². The topological polar surface area (TPSA) is 0 Å². The van der Waals surface area contributed by atoms with Gasteiger partial charge in [-0.3, -0.25) is 0 Å². The van der Waals surface area contributed by atoms with Crippen molar-refractivity contribution in [1.82, 2.24) is 0 Å². The van der Waals surface area contributed by atoms with Crippen molar-refractivity contribution in [3.8, 4) is 0 Å². The normalized spacial score (nSPS) is 28.9. The third-order valence-corrected chi connectivity index (χ3v) is 4.62. The van der Waals surface area contributed by atoms with Crippen LogP contribution < -0.4 is 0 Å². The first-order chi connectivity index (χ1) is 7.60. The van der Waals surface area contributed by atoms with Gasteiger partial charge >= 0.3 is 0 Å². The lowest BCUT2D eigenvalue weighted by atomic mass is 9.66. The molecule has 2 rings (SSSR count).